The van der Waals surface area contributed by atoms with Crippen LogP contribution in [-0.2, 0) is 23.1 Å². The van der Waals surface area contributed by atoms with Crippen LogP contribution >= 0.6 is 0 Å². The summed E-state index contributed by atoms with van der Waals surface area (Å²) in [6, 6.07) is 14.4. The molecule has 0 aliphatic heterocycles. The van der Waals surface area contributed by atoms with Gasteiger partial charge in [-0.05, 0) is 47.9 Å². The largest absolute Gasteiger partial charge is 0.489 e. The van der Waals surface area contributed by atoms with Gasteiger partial charge in [0.15, 0.2) is 0 Å². The van der Waals surface area contributed by atoms with E-state index in [2.05, 4.69) is 11.9 Å². The van der Waals surface area contributed by atoms with E-state index in [0.29, 0.717) is 19.7 Å². The maximum absolute atomic E-state index is 11.2. The third-order valence-corrected chi connectivity index (χ3v) is 4.22. The zero-order valence-electron chi connectivity index (χ0n) is 13.7. The highest BCUT2D eigenvalue weighted by atomic mass is 32.2. The fourth-order valence-electron chi connectivity index (χ4n) is 2.10. The third-order valence-electron chi connectivity index (χ3n) is 3.29. The fraction of sp³-hybridized carbons (Fsp3) is 0.222. The van der Waals surface area contributed by atoms with Crippen LogP contribution in [0.2, 0.25) is 0 Å². The lowest BCUT2D eigenvalue weighted by Crippen LogP contribution is -2.14. The van der Waals surface area contributed by atoms with Crippen LogP contribution < -0.4 is 15.2 Å². The first-order valence-electron chi connectivity index (χ1n) is 7.53. The molecule has 0 atom stereocenters. The molecule has 6 heteroatoms. The van der Waals surface area contributed by atoms with E-state index in [9.17, 15) is 8.42 Å². The summed E-state index contributed by atoms with van der Waals surface area (Å²) in [4.78, 5) is 0.119. The van der Waals surface area contributed by atoms with Crippen molar-refractivity contribution in [3.63, 3.8) is 0 Å². The van der Waals surface area contributed by atoms with Gasteiger partial charge in [0, 0.05) is 13.1 Å². The average Bonchev–Trinajstić information content (AvgIpc) is 2.53. The first-order valence-corrected chi connectivity index (χ1v) is 9.08. The van der Waals surface area contributed by atoms with Gasteiger partial charge in [-0.3, -0.25) is 0 Å². The normalized spacial score (nSPS) is 11.2. The Kier molecular flexibility index (Phi) is 6.14. The van der Waals surface area contributed by atoms with Crippen LogP contribution in [-0.4, -0.2) is 15.0 Å². The molecule has 2 aromatic carbocycles. The van der Waals surface area contributed by atoms with E-state index in [0.717, 1.165) is 22.4 Å². The van der Waals surface area contributed by atoms with Crippen molar-refractivity contribution in [2.24, 2.45) is 5.14 Å². The van der Waals surface area contributed by atoms with E-state index >= 15 is 0 Å². The fourth-order valence-corrected chi connectivity index (χ4v) is 2.62. The molecule has 2 rings (SSSR count). The molecule has 0 saturated heterocycles. The standard InChI is InChI=1S/C18H22N2O3S/c1-14(2)13-23-17-5-3-4-16(10-17)12-20-11-15-6-8-18(9-7-15)24(19,21)22/h3-10,20H,1,11-13H2,2H3,(H2,19,21,22). The van der Waals surface area contributed by atoms with Crippen LogP contribution in [0.4, 0.5) is 0 Å². The van der Waals surface area contributed by atoms with Crippen LogP contribution in [0, 0.1) is 0 Å². The maximum atomic E-state index is 11.2. The van der Waals surface area contributed by atoms with Crippen LogP contribution in [0.15, 0.2) is 65.6 Å². The smallest absolute Gasteiger partial charge is 0.238 e. The zero-order valence-corrected chi connectivity index (χ0v) is 14.5. The predicted molar refractivity (Wildman–Crippen MR) is 95.1 cm³/mol. The lowest BCUT2D eigenvalue weighted by atomic mass is 10.2. The van der Waals surface area contributed by atoms with E-state index in [1.54, 1.807) is 12.1 Å². The Hall–Kier alpha value is -2.15. The Morgan fingerprint density at radius 3 is 2.42 bits per heavy atom. The number of hydrogen-bond acceptors (Lipinski definition) is 4. The summed E-state index contributed by atoms with van der Waals surface area (Å²) in [5, 5.41) is 8.39. The van der Waals surface area contributed by atoms with Gasteiger partial charge in [-0.1, -0.05) is 30.8 Å². The molecule has 0 heterocycles. The van der Waals surface area contributed by atoms with E-state index in [1.807, 2.05) is 31.2 Å². The molecule has 0 saturated carbocycles. The molecule has 0 aliphatic carbocycles. The second-order valence-corrected chi connectivity index (χ2v) is 7.25. The van der Waals surface area contributed by atoms with Crippen molar-refractivity contribution in [2.75, 3.05) is 6.61 Å². The summed E-state index contributed by atoms with van der Waals surface area (Å²) in [5.41, 5.74) is 3.06. The predicted octanol–water partition coefficient (Wildman–Crippen LogP) is 2.58. The molecular weight excluding hydrogens is 324 g/mol. The molecule has 0 aromatic heterocycles. The molecule has 2 aromatic rings. The molecule has 0 bridgehead atoms. The molecule has 0 amide bonds. The first-order chi connectivity index (χ1) is 11.3. The monoisotopic (exact) mass is 346 g/mol. The number of nitrogens with two attached hydrogens (primary N) is 1. The van der Waals surface area contributed by atoms with Gasteiger partial charge in [-0.15, -0.1) is 0 Å². The van der Waals surface area contributed by atoms with Crippen LogP contribution in [0.25, 0.3) is 0 Å². The summed E-state index contributed by atoms with van der Waals surface area (Å²) in [6.07, 6.45) is 0. The van der Waals surface area contributed by atoms with E-state index in [1.165, 1.54) is 12.1 Å². The Labute approximate surface area is 143 Å². The number of benzene rings is 2. The molecule has 5 nitrogen and oxygen atoms in total. The minimum atomic E-state index is -3.64. The van der Waals surface area contributed by atoms with Crippen molar-refractivity contribution in [1.29, 1.82) is 0 Å². The number of nitrogens with one attached hydrogen (secondary N) is 1. The second kappa shape index (κ2) is 8.10. The Balaban J connectivity index is 1.87. The minimum Gasteiger partial charge on any atom is -0.489 e. The maximum Gasteiger partial charge on any atom is 0.238 e. The molecule has 0 spiro atoms. The summed E-state index contributed by atoms with van der Waals surface area (Å²) in [7, 11) is -3.64. The van der Waals surface area contributed by atoms with Gasteiger partial charge in [0.25, 0.3) is 0 Å². The van der Waals surface area contributed by atoms with Gasteiger partial charge in [0.1, 0.15) is 12.4 Å². The van der Waals surface area contributed by atoms with Gasteiger partial charge in [-0.25, -0.2) is 13.6 Å². The molecule has 0 radical (unpaired) electrons. The number of ether oxygens (including phenoxy) is 1. The van der Waals surface area contributed by atoms with Crippen molar-refractivity contribution in [3.05, 3.63) is 71.8 Å². The molecule has 0 fully saturated rings. The topological polar surface area (TPSA) is 81.4 Å². The summed E-state index contributed by atoms with van der Waals surface area (Å²) < 4.78 is 28.1. The third kappa shape index (κ3) is 5.81. The van der Waals surface area contributed by atoms with E-state index < -0.39 is 10.0 Å². The molecule has 0 unspecified atom stereocenters. The highest BCUT2D eigenvalue weighted by molar-refractivity contribution is 7.89. The Morgan fingerprint density at radius 1 is 1.12 bits per heavy atom. The van der Waals surface area contributed by atoms with Gasteiger partial charge < -0.3 is 10.1 Å². The van der Waals surface area contributed by atoms with Crippen molar-refractivity contribution in [1.82, 2.24) is 5.32 Å². The van der Waals surface area contributed by atoms with Crippen molar-refractivity contribution < 1.29 is 13.2 Å². The highest BCUT2D eigenvalue weighted by Crippen LogP contribution is 2.14. The average molecular weight is 346 g/mol. The number of primary sulfonamides is 1. The van der Waals surface area contributed by atoms with E-state index in [4.69, 9.17) is 9.88 Å². The quantitative estimate of drug-likeness (QED) is 0.720. The number of hydrogen-bond donors (Lipinski definition) is 2. The second-order valence-electron chi connectivity index (χ2n) is 5.69. The van der Waals surface area contributed by atoms with E-state index in [-0.39, 0.29) is 4.90 Å². The number of rotatable bonds is 8. The SMILES string of the molecule is C=C(C)COc1cccc(CNCc2ccc(S(N)(=O)=O)cc2)c1. The first kappa shape index (κ1) is 18.2. The molecule has 24 heavy (non-hydrogen) atoms. The Morgan fingerprint density at radius 2 is 1.79 bits per heavy atom. The van der Waals surface area contributed by atoms with Gasteiger partial charge in [-0.2, -0.15) is 0 Å². The van der Waals surface area contributed by atoms with Crippen LogP contribution in [0.1, 0.15) is 18.1 Å². The van der Waals surface area contributed by atoms with Gasteiger partial charge in [0.2, 0.25) is 10.0 Å². The molecule has 0 aliphatic rings. The molecule has 3 N–H and O–H groups in total. The summed E-state index contributed by atoms with van der Waals surface area (Å²) in [6.45, 7) is 7.55. The molecular formula is C18H22N2O3S. The van der Waals surface area contributed by atoms with Gasteiger partial charge >= 0.3 is 0 Å². The lowest BCUT2D eigenvalue weighted by molar-refractivity contribution is 0.352. The minimum absolute atomic E-state index is 0.119. The highest BCUT2D eigenvalue weighted by Gasteiger charge is 2.06. The Bertz CT molecular complexity index is 799. The number of sulfonamides is 1. The van der Waals surface area contributed by atoms with Crippen molar-refractivity contribution in [2.45, 2.75) is 24.9 Å². The van der Waals surface area contributed by atoms with Crippen LogP contribution in [0.5, 0.6) is 5.75 Å². The van der Waals surface area contributed by atoms with Crippen molar-refractivity contribution in [3.8, 4) is 5.75 Å². The molecule has 128 valence electrons. The summed E-state index contributed by atoms with van der Waals surface area (Å²) >= 11 is 0. The lowest BCUT2D eigenvalue weighted by Gasteiger charge is -2.09. The summed E-state index contributed by atoms with van der Waals surface area (Å²) in [5.74, 6) is 0.815. The van der Waals surface area contributed by atoms with Crippen LogP contribution in [0.3, 0.4) is 0 Å². The zero-order chi connectivity index (χ0) is 17.6. The van der Waals surface area contributed by atoms with Crippen molar-refractivity contribution >= 4 is 10.0 Å². The van der Waals surface area contributed by atoms with Gasteiger partial charge in [0.05, 0.1) is 4.90 Å².